The van der Waals surface area contributed by atoms with Crippen LogP contribution in [0.15, 0.2) is 0 Å². The molecule has 2 aliphatic heterocycles. The third kappa shape index (κ3) is 5.21. The Morgan fingerprint density at radius 2 is 1.86 bits per heavy atom. The molecule has 0 aromatic rings. The van der Waals surface area contributed by atoms with Gasteiger partial charge in [-0.2, -0.15) is 0 Å². The first-order chi connectivity index (χ1) is 10.1. The largest absolute Gasteiger partial charge is 0.375 e. The fraction of sp³-hybridized carbons (Fsp3) is 0.933. The molecule has 2 saturated heterocycles. The summed E-state index contributed by atoms with van der Waals surface area (Å²) >= 11 is 0. The third-order valence-electron chi connectivity index (χ3n) is 4.10. The molecule has 0 unspecified atom stereocenters. The monoisotopic (exact) mass is 299 g/mol. The Kier molecular flexibility index (Phi) is 6.41. The number of morpholine rings is 2. The van der Waals surface area contributed by atoms with E-state index in [9.17, 15) is 4.79 Å². The third-order valence-corrected chi connectivity index (χ3v) is 4.10. The Hall–Kier alpha value is -0.690. The number of carbonyl (C=O) groups is 1. The highest BCUT2D eigenvalue weighted by atomic mass is 16.5. The molecule has 0 spiro atoms. The summed E-state index contributed by atoms with van der Waals surface area (Å²) in [5, 5.41) is 0. The van der Waals surface area contributed by atoms with Crippen molar-refractivity contribution >= 4 is 5.91 Å². The van der Waals surface area contributed by atoms with Gasteiger partial charge in [0.2, 0.25) is 5.91 Å². The number of hydrogen-bond donors (Lipinski definition) is 0. The molecule has 122 valence electrons. The van der Waals surface area contributed by atoms with Crippen LogP contribution < -0.4 is 0 Å². The van der Waals surface area contributed by atoms with Gasteiger partial charge in [0.15, 0.2) is 0 Å². The van der Waals surface area contributed by atoms with E-state index in [-0.39, 0.29) is 18.1 Å². The predicted octanol–water partition coefficient (Wildman–Crippen LogP) is -0.114. The summed E-state index contributed by atoms with van der Waals surface area (Å²) in [4.78, 5) is 18.7. The Morgan fingerprint density at radius 1 is 1.14 bits per heavy atom. The molecule has 2 fully saturated rings. The van der Waals surface area contributed by atoms with E-state index in [2.05, 4.69) is 16.7 Å². The fourth-order valence-corrected chi connectivity index (χ4v) is 2.93. The molecule has 0 N–H and O–H groups in total. The van der Waals surface area contributed by atoms with Crippen LogP contribution in [0, 0.1) is 0 Å². The van der Waals surface area contributed by atoms with Gasteiger partial charge in [0.05, 0.1) is 32.0 Å². The van der Waals surface area contributed by atoms with Crippen molar-refractivity contribution in [3.05, 3.63) is 0 Å². The van der Waals surface area contributed by atoms with Crippen molar-refractivity contribution in [1.82, 2.24) is 14.7 Å². The number of ether oxygens (including phenoxy) is 2. The number of rotatable bonds is 5. The van der Waals surface area contributed by atoms with E-state index >= 15 is 0 Å². The van der Waals surface area contributed by atoms with Gasteiger partial charge in [0, 0.05) is 32.7 Å². The summed E-state index contributed by atoms with van der Waals surface area (Å²) in [6.07, 6.45) is 1.37. The highest BCUT2D eigenvalue weighted by molar-refractivity contribution is 5.78. The SMILES string of the molecule is CC[C@H]1CN(C(=O)CN2CCO[C@H](CN(C)C)C2)CCO1. The van der Waals surface area contributed by atoms with Crippen molar-refractivity contribution in [2.75, 3.05) is 66.6 Å². The minimum atomic E-state index is 0.203. The quantitative estimate of drug-likeness (QED) is 0.709. The van der Waals surface area contributed by atoms with Crippen molar-refractivity contribution in [3.8, 4) is 0 Å². The molecule has 6 nitrogen and oxygen atoms in total. The minimum Gasteiger partial charge on any atom is -0.375 e. The van der Waals surface area contributed by atoms with Crippen molar-refractivity contribution in [1.29, 1.82) is 0 Å². The maximum absolute atomic E-state index is 12.4. The number of carbonyl (C=O) groups excluding carboxylic acids is 1. The van der Waals surface area contributed by atoms with Crippen LogP contribution in [-0.2, 0) is 14.3 Å². The van der Waals surface area contributed by atoms with Crippen LogP contribution in [0.3, 0.4) is 0 Å². The normalized spacial score (nSPS) is 28.1. The second-order valence-corrected chi connectivity index (χ2v) is 6.23. The van der Waals surface area contributed by atoms with Gasteiger partial charge in [-0.25, -0.2) is 0 Å². The van der Waals surface area contributed by atoms with E-state index in [0.29, 0.717) is 19.8 Å². The molecule has 2 aliphatic rings. The number of likely N-dealkylation sites (N-methyl/N-ethyl adjacent to an activating group) is 1. The molecule has 21 heavy (non-hydrogen) atoms. The number of nitrogens with zero attached hydrogens (tertiary/aromatic N) is 3. The summed E-state index contributed by atoms with van der Waals surface area (Å²) in [5.74, 6) is 0.224. The lowest BCUT2D eigenvalue weighted by molar-refractivity contribution is -0.142. The number of amides is 1. The minimum absolute atomic E-state index is 0.203. The number of hydrogen-bond acceptors (Lipinski definition) is 5. The zero-order chi connectivity index (χ0) is 15.2. The van der Waals surface area contributed by atoms with Gasteiger partial charge in [-0.05, 0) is 20.5 Å². The van der Waals surface area contributed by atoms with Crippen molar-refractivity contribution in [2.24, 2.45) is 0 Å². The van der Waals surface area contributed by atoms with E-state index in [1.54, 1.807) is 0 Å². The molecule has 0 aromatic carbocycles. The first kappa shape index (κ1) is 16.7. The predicted molar refractivity (Wildman–Crippen MR) is 81.3 cm³/mol. The fourth-order valence-electron chi connectivity index (χ4n) is 2.93. The topological polar surface area (TPSA) is 45.2 Å². The molecule has 6 heteroatoms. The molecule has 0 aromatic heterocycles. The lowest BCUT2D eigenvalue weighted by Crippen LogP contribution is -2.52. The second-order valence-electron chi connectivity index (χ2n) is 6.23. The standard InChI is InChI=1S/C15H29N3O3/c1-4-13-11-18(6-8-20-13)15(19)12-17-5-7-21-14(10-17)9-16(2)3/h13-14H,4-12H2,1-3H3/t13-,14+/m0/s1. The maximum Gasteiger partial charge on any atom is 0.236 e. The van der Waals surface area contributed by atoms with Crippen LogP contribution in [0.4, 0.5) is 0 Å². The smallest absolute Gasteiger partial charge is 0.236 e. The molecule has 1 amide bonds. The Morgan fingerprint density at radius 3 is 2.57 bits per heavy atom. The van der Waals surface area contributed by atoms with Gasteiger partial charge < -0.3 is 19.3 Å². The van der Waals surface area contributed by atoms with Crippen LogP contribution in [0.25, 0.3) is 0 Å². The molecule has 0 saturated carbocycles. The van der Waals surface area contributed by atoms with Crippen LogP contribution in [0.1, 0.15) is 13.3 Å². The maximum atomic E-state index is 12.4. The molecule has 0 bridgehead atoms. The Bertz CT molecular complexity index is 338. The molecular weight excluding hydrogens is 270 g/mol. The first-order valence-corrected chi connectivity index (χ1v) is 7.96. The Labute approximate surface area is 128 Å². The Balaban J connectivity index is 1.78. The van der Waals surface area contributed by atoms with Gasteiger partial charge in [-0.1, -0.05) is 6.92 Å². The summed E-state index contributed by atoms with van der Waals surface area (Å²) in [6.45, 7) is 8.03. The highest BCUT2D eigenvalue weighted by Gasteiger charge is 2.27. The summed E-state index contributed by atoms with van der Waals surface area (Å²) in [6, 6.07) is 0. The van der Waals surface area contributed by atoms with Crippen molar-refractivity contribution < 1.29 is 14.3 Å². The van der Waals surface area contributed by atoms with E-state index in [1.165, 1.54) is 0 Å². The first-order valence-electron chi connectivity index (χ1n) is 7.96. The second kappa shape index (κ2) is 8.08. The van der Waals surface area contributed by atoms with Gasteiger partial charge in [-0.15, -0.1) is 0 Å². The highest BCUT2D eigenvalue weighted by Crippen LogP contribution is 2.11. The van der Waals surface area contributed by atoms with E-state index in [0.717, 1.165) is 39.1 Å². The van der Waals surface area contributed by atoms with Gasteiger partial charge in [-0.3, -0.25) is 9.69 Å². The van der Waals surface area contributed by atoms with Gasteiger partial charge in [0.25, 0.3) is 0 Å². The lowest BCUT2D eigenvalue weighted by Gasteiger charge is -2.37. The lowest BCUT2D eigenvalue weighted by atomic mass is 10.2. The molecule has 2 rings (SSSR count). The van der Waals surface area contributed by atoms with E-state index in [4.69, 9.17) is 9.47 Å². The van der Waals surface area contributed by atoms with Crippen molar-refractivity contribution in [3.63, 3.8) is 0 Å². The summed E-state index contributed by atoms with van der Waals surface area (Å²) < 4.78 is 11.4. The molecule has 2 heterocycles. The average molecular weight is 299 g/mol. The molecule has 0 aliphatic carbocycles. The zero-order valence-corrected chi connectivity index (χ0v) is 13.6. The van der Waals surface area contributed by atoms with Crippen LogP contribution in [-0.4, -0.2) is 99.4 Å². The van der Waals surface area contributed by atoms with E-state index < -0.39 is 0 Å². The van der Waals surface area contributed by atoms with Crippen molar-refractivity contribution in [2.45, 2.75) is 25.6 Å². The summed E-state index contributed by atoms with van der Waals surface area (Å²) in [7, 11) is 4.10. The van der Waals surface area contributed by atoms with Gasteiger partial charge in [0.1, 0.15) is 0 Å². The molecular formula is C15H29N3O3. The van der Waals surface area contributed by atoms with Crippen LogP contribution in [0.2, 0.25) is 0 Å². The molecule has 2 atom stereocenters. The molecule has 0 radical (unpaired) electrons. The van der Waals surface area contributed by atoms with Crippen LogP contribution >= 0.6 is 0 Å². The van der Waals surface area contributed by atoms with Crippen LogP contribution in [0.5, 0.6) is 0 Å². The average Bonchev–Trinajstić information content (AvgIpc) is 2.47. The summed E-state index contributed by atoms with van der Waals surface area (Å²) in [5.41, 5.74) is 0. The zero-order valence-electron chi connectivity index (χ0n) is 13.6. The van der Waals surface area contributed by atoms with Gasteiger partial charge >= 0.3 is 0 Å². The van der Waals surface area contributed by atoms with E-state index in [1.807, 2.05) is 19.0 Å².